The van der Waals surface area contributed by atoms with E-state index in [1.54, 1.807) is 22.9 Å². The van der Waals surface area contributed by atoms with Crippen molar-refractivity contribution < 1.29 is 4.79 Å². The molecule has 2 heterocycles. The number of benzene rings is 2. The highest BCUT2D eigenvalue weighted by molar-refractivity contribution is 9.10. The van der Waals surface area contributed by atoms with Gasteiger partial charge in [0.15, 0.2) is 11.4 Å². The Morgan fingerprint density at radius 1 is 1.08 bits per heavy atom. The van der Waals surface area contributed by atoms with Gasteiger partial charge in [0, 0.05) is 10.0 Å². The first-order valence-electron chi connectivity index (χ1n) is 7.91. The van der Waals surface area contributed by atoms with E-state index in [9.17, 15) is 9.59 Å². The molecule has 0 saturated carbocycles. The van der Waals surface area contributed by atoms with E-state index in [1.165, 1.54) is 17.1 Å². The van der Waals surface area contributed by atoms with Gasteiger partial charge >= 0.3 is 0 Å². The highest BCUT2D eigenvalue weighted by Gasteiger charge is 2.14. The van der Waals surface area contributed by atoms with Gasteiger partial charge in [-0.3, -0.25) is 14.2 Å². The molecule has 0 aliphatic rings. The molecule has 0 aliphatic heterocycles. The van der Waals surface area contributed by atoms with E-state index >= 15 is 0 Å². The molecule has 7 heteroatoms. The fourth-order valence-electron chi connectivity index (χ4n) is 2.73. The molecule has 0 bridgehead atoms. The van der Waals surface area contributed by atoms with E-state index < -0.39 is 0 Å². The number of halogens is 1. The second kappa shape index (κ2) is 6.68. The third-order valence-electron chi connectivity index (χ3n) is 4.02. The summed E-state index contributed by atoms with van der Waals surface area (Å²) >= 11 is 3.34. The van der Waals surface area contributed by atoms with Crippen LogP contribution in [0.1, 0.15) is 10.4 Å². The average Bonchev–Trinajstić information content (AvgIpc) is 3.09. The van der Waals surface area contributed by atoms with Crippen LogP contribution in [0.4, 0.5) is 0 Å². The van der Waals surface area contributed by atoms with Crippen LogP contribution in [0.25, 0.3) is 16.7 Å². The Hall–Kier alpha value is -3.06. The Kier molecular flexibility index (Phi) is 4.22. The molecular formula is C19H13BrN4O2. The van der Waals surface area contributed by atoms with Crippen molar-refractivity contribution in [3.05, 3.63) is 87.5 Å². The number of hydrogen-bond acceptors (Lipinski definition) is 4. The van der Waals surface area contributed by atoms with Crippen molar-refractivity contribution in [2.75, 3.05) is 0 Å². The van der Waals surface area contributed by atoms with Crippen LogP contribution in [0.3, 0.4) is 0 Å². The number of hydrogen-bond donors (Lipinski definition) is 0. The number of para-hydroxylation sites is 1. The van der Waals surface area contributed by atoms with Crippen molar-refractivity contribution >= 4 is 32.7 Å². The highest BCUT2D eigenvalue weighted by Crippen LogP contribution is 2.14. The molecule has 2 aromatic heterocycles. The Labute approximate surface area is 156 Å². The molecule has 0 radical (unpaired) electrons. The largest absolute Gasteiger partial charge is 0.292 e. The Morgan fingerprint density at radius 2 is 1.88 bits per heavy atom. The number of carbonyl (C=O) groups is 1. The lowest BCUT2D eigenvalue weighted by Gasteiger charge is -2.06. The first-order valence-corrected chi connectivity index (χ1v) is 8.70. The summed E-state index contributed by atoms with van der Waals surface area (Å²) in [5, 5.41) is 4.64. The molecular weight excluding hydrogens is 396 g/mol. The zero-order chi connectivity index (χ0) is 18.1. The topological polar surface area (TPSA) is 69.8 Å². The van der Waals surface area contributed by atoms with Gasteiger partial charge in [-0.1, -0.05) is 46.3 Å². The first-order chi connectivity index (χ1) is 12.6. The zero-order valence-corrected chi connectivity index (χ0v) is 15.1. The number of carbonyl (C=O) groups excluding carboxylic acids is 1. The Morgan fingerprint density at radius 3 is 2.65 bits per heavy atom. The van der Waals surface area contributed by atoms with Crippen molar-refractivity contribution in [2.45, 2.75) is 6.54 Å². The molecule has 4 aromatic rings. The Bertz CT molecular complexity index is 1170. The van der Waals surface area contributed by atoms with Crippen LogP contribution in [0.2, 0.25) is 0 Å². The van der Waals surface area contributed by atoms with Crippen LogP contribution < -0.4 is 5.56 Å². The van der Waals surface area contributed by atoms with Gasteiger partial charge in [0.25, 0.3) is 5.56 Å². The van der Waals surface area contributed by atoms with Gasteiger partial charge in [-0.25, -0.2) is 9.67 Å². The minimum absolute atomic E-state index is 0.0747. The summed E-state index contributed by atoms with van der Waals surface area (Å²) < 4.78 is 3.73. The minimum Gasteiger partial charge on any atom is -0.292 e. The second-order valence-electron chi connectivity index (χ2n) is 5.74. The van der Waals surface area contributed by atoms with E-state index in [-0.39, 0.29) is 17.9 Å². The summed E-state index contributed by atoms with van der Waals surface area (Å²) in [5.74, 6) is -0.162. The molecule has 0 spiro atoms. The summed E-state index contributed by atoms with van der Waals surface area (Å²) in [7, 11) is 0. The van der Waals surface area contributed by atoms with E-state index in [1.807, 2.05) is 36.4 Å². The van der Waals surface area contributed by atoms with E-state index in [4.69, 9.17) is 0 Å². The highest BCUT2D eigenvalue weighted by atomic mass is 79.9. The molecule has 0 unspecified atom stereocenters. The summed E-state index contributed by atoms with van der Waals surface area (Å²) in [5.41, 5.74) is 1.52. The second-order valence-corrected chi connectivity index (χ2v) is 6.66. The lowest BCUT2D eigenvalue weighted by Crippen LogP contribution is -2.24. The number of rotatable bonds is 4. The fraction of sp³-hybridized carbons (Fsp3) is 0.0526. The molecule has 26 heavy (non-hydrogen) atoms. The van der Waals surface area contributed by atoms with E-state index in [0.29, 0.717) is 16.6 Å². The van der Waals surface area contributed by atoms with E-state index in [0.717, 1.165) is 10.2 Å². The molecule has 128 valence electrons. The summed E-state index contributed by atoms with van der Waals surface area (Å²) in [6, 6.07) is 16.5. The first kappa shape index (κ1) is 16.4. The molecule has 0 amide bonds. The number of aromatic nitrogens is 4. The number of Topliss-reactive ketones (excluding diaryl/α,β-unsaturated/α-hetero) is 1. The van der Waals surface area contributed by atoms with E-state index in [2.05, 4.69) is 26.0 Å². The third-order valence-corrected chi connectivity index (χ3v) is 4.51. The van der Waals surface area contributed by atoms with Crippen molar-refractivity contribution in [1.82, 2.24) is 19.3 Å². The van der Waals surface area contributed by atoms with Crippen molar-refractivity contribution in [1.29, 1.82) is 0 Å². The van der Waals surface area contributed by atoms with Crippen LogP contribution in [0.5, 0.6) is 0 Å². The van der Waals surface area contributed by atoms with Gasteiger partial charge in [0.2, 0.25) is 0 Å². The zero-order valence-electron chi connectivity index (χ0n) is 13.5. The van der Waals surface area contributed by atoms with Crippen molar-refractivity contribution in [2.24, 2.45) is 0 Å². The summed E-state index contributed by atoms with van der Waals surface area (Å²) in [4.78, 5) is 29.5. The van der Waals surface area contributed by atoms with Crippen LogP contribution in [-0.4, -0.2) is 25.1 Å². The van der Waals surface area contributed by atoms with Gasteiger partial charge in [-0.2, -0.15) is 5.10 Å². The normalized spacial score (nSPS) is 11.0. The molecule has 2 aromatic carbocycles. The number of ketones is 1. The maximum absolute atomic E-state index is 12.7. The molecule has 0 saturated heterocycles. The monoisotopic (exact) mass is 408 g/mol. The molecule has 4 rings (SSSR count). The van der Waals surface area contributed by atoms with Crippen LogP contribution in [-0.2, 0) is 6.54 Å². The quantitative estimate of drug-likeness (QED) is 0.486. The predicted octanol–water partition coefficient (Wildman–Crippen LogP) is 3.23. The summed E-state index contributed by atoms with van der Waals surface area (Å²) in [6.07, 6.45) is 2.87. The average molecular weight is 409 g/mol. The van der Waals surface area contributed by atoms with Gasteiger partial charge in [0.1, 0.15) is 11.7 Å². The lowest BCUT2D eigenvalue weighted by molar-refractivity contribution is 0.0970. The Balaban J connectivity index is 1.71. The molecule has 0 aliphatic carbocycles. The maximum atomic E-state index is 12.7. The van der Waals surface area contributed by atoms with Crippen LogP contribution >= 0.6 is 15.9 Å². The molecule has 6 nitrogen and oxygen atoms in total. The van der Waals surface area contributed by atoms with Gasteiger partial charge in [-0.05, 0) is 24.3 Å². The third kappa shape index (κ3) is 2.97. The van der Waals surface area contributed by atoms with Gasteiger partial charge < -0.3 is 0 Å². The van der Waals surface area contributed by atoms with Crippen LogP contribution in [0, 0.1) is 0 Å². The van der Waals surface area contributed by atoms with Crippen molar-refractivity contribution in [3.63, 3.8) is 0 Å². The predicted molar refractivity (Wildman–Crippen MR) is 102 cm³/mol. The molecule has 0 atom stereocenters. The van der Waals surface area contributed by atoms with Gasteiger partial charge in [0.05, 0.1) is 18.4 Å². The fourth-order valence-corrected chi connectivity index (χ4v) is 3.13. The van der Waals surface area contributed by atoms with Crippen molar-refractivity contribution in [3.8, 4) is 5.69 Å². The smallest absolute Gasteiger partial charge is 0.264 e. The van der Waals surface area contributed by atoms with Gasteiger partial charge in [-0.15, -0.1) is 0 Å². The lowest BCUT2D eigenvalue weighted by atomic mass is 10.1. The molecule has 0 fully saturated rings. The molecule has 0 N–H and O–H groups in total. The number of fused-ring (bicyclic) bond motifs is 1. The summed E-state index contributed by atoms with van der Waals surface area (Å²) in [6.45, 7) is -0.0747. The minimum atomic E-state index is -0.291. The number of nitrogens with zero attached hydrogens (tertiary/aromatic N) is 4. The SMILES string of the molecule is O=C(Cn1cnc2c(cnn2-c2ccccc2)c1=O)c1cccc(Br)c1. The van der Waals surface area contributed by atoms with Crippen LogP contribution in [0.15, 0.2) is 76.4 Å². The standard InChI is InChI=1S/C19H13BrN4O2/c20-14-6-4-5-13(9-14)17(25)11-23-12-21-18-16(19(23)26)10-22-24(18)15-7-2-1-3-8-15/h1-10,12H,11H2. The maximum Gasteiger partial charge on any atom is 0.264 e.